The number of carbonyl (C=O) groups excluding carboxylic acids is 1. The van der Waals surface area contributed by atoms with E-state index in [1.165, 1.54) is 24.7 Å². The first-order valence-corrected chi connectivity index (χ1v) is 11.7. The summed E-state index contributed by atoms with van der Waals surface area (Å²) in [6.07, 6.45) is 2.25. The standard InChI is InChI=1S/C27H23F3N6O.CH4/c1-3-4-5-8-26(9-10-26)21-13-19(14-22(36-21)27(28,29)30)25(37)35-17(2)23-24(33-12-11-32-23)20-7-6-18(15-31)16-34-20;/h6-7,11-14,16-17H,3-4,9-10H2,1-2H3,(H,35,37);1H4. The third-order valence-corrected chi connectivity index (χ3v) is 5.94. The fourth-order valence-corrected chi connectivity index (χ4v) is 3.79. The van der Waals surface area contributed by atoms with Crippen LogP contribution in [0.4, 0.5) is 13.2 Å². The molecule has 1 unspecified atom stereocenters. The summed E-state index contributed by atoms with van der Waals surface area (Å²) in [5, 5.41) is 11.7. The van der Waals surface area contributed by atoms with E-state index in [0.29, 0.717) is 41.9 Å². The average molecular weight is 521 g/mol. The SMILES string of the molecule is C.CCCC#CC1(c2cc(C(=O)NC(C)c3nccnc3-c3ccc(C#N)cn3)cc(C(F)(F)F)n2)CC1. The Balaban J connectivity index is 0.00000400. The molecule has 0 radical (unpaired) electrons. The number of alkyl halides is 3. The van der Waals surface area contributed by atoms with E-state index in [9.17, 15) is 18.0 Å². The molecule has 7 nitrogen and oxygen atoms in total. The summed E-state index contributed by atoms with van der Waals surface area (Å²) in [5.74, 6) is 5.39. The first-order chi connectivity index (χ1) is 17.7. The zero-order valence-corrected chi connectivity index (χ0v) is 20.2. The third kappa shape index (κ3) is 6.15. The van der Waals surface area contributed by atoms with E-state index in [0.717, 1.165) is 12.5 Å². The molecule has 1 aliphatic rings. The first-order valence-electron chi connectivity index (χ1n) is 11.7. The Morgan fingerprint density at radius 2 is 1.92 bits per heavy atom. The summed E-state index contributed by atoms with van der Waals surface area (Å²) in [6, 6.07) is 6.61. The summed E-state index contributed by atoms with van der Waals surface area (Å²) >= 11 is 0. The number of halogens is 3. The Morgan fingerprint density at radius 1 is 1.18 bits per heavy atom. The molecule has 196 valence electrons. The number of nitrogens with zero attached hydrogens (tertiary/aromatic N) is 5. The van der Waals surface area contributed by atoms with E-state index in [1.54, 1.807) is 19.1 Å². The molecule has 38 heavy (non-hydrogen) atoms. The van der Waals surface area contributed by atoms with Crippen LogP contribution in [-0.2, 0) is 11.6 Å². The highest BCUT2D eigenvalue weighted by molar-refractivity contribution is 5.95. The van der Waals surface area contributed by atoms with Crippen LogP contribution in [0.15, 0.2) is 42.9 Å². The molecule has 4 rings (SSSR count). The Morgan fingerprint density at radius 3 is 2.53 bits per heavy atom. The minimum absolute atomic E-state index is 0. The smallest absolute Gasteiger partial charge is 0.344 e. The number of rotatable bonds is 6. The van der Waals surface area contributed by atoms with Crippen molar-refractivity contribution in [2.75, 3.05) is 0 Å². The van der Waals surface area contributed by atoms with Gasteiger partial charge < -0.3 is 5.32 Å². The van der Waals surface area contributed by atoms with Crippen LogP contribution in [0.2, 0.25) is 0 Å². The minimum atomic E-state index is -4.72. The van der Waals surface area contributed by atoms with Gasteiger partial charge in [0.2, 0.25) is 0 Å². The van der Waals surface area contributed by atoms with Crippen molar-refractivity contribution in [3.05, 3.63) is 71.1 Å². The lowest BCUT2D eigenvalue weighted by Gasteiger charge is -2.18. The molecule has 1 aliphatic carbocycles. The molecule has 0 saturated heterocycles. The molecular formula is C28H27F3N6O. The van der Waals surface area contributed by atoms with E-state index in [2.05, 4.69) is 37.1 Å². The highest BCUT2D eigenvalue weighted by Crippen LogP contribution is 2.47. The number of unbranched alkanes of at least 4 members (excludes halogenated alkanes) is 1. The molecule has 0 bridgehead atoms. The largest absolute Gasteiger partial charge is 0.433 e. The number of carbonyl (C=O) groups is 1. The van der Waals surface area contributed by atoms with Crippen molar-refractivity contribution in [2.24, 2.45) is 0 Å². The molecule has 3 aromatic rings. The molecular weight excluding hydrogens is 493 g/mol. The Labute approximate surface area is 219 Å². The number of hydrogen-bond acceptors (Lipinski definition) is 6. The van der Waals surface area contributed by atoms with Gasteiger partial charge in [-0.3, -0.25) is 19.7 Å². The highest BCUT2D eigenvalue weighted by atomic mass is 19.4. The minimum Gasteiger partial charge on any atom is -0.344 e. The van der Waals surface area contributed by atoms with Crippen molar-refractivity contribution in [3.8, 4) is 29.3 Å². The van der Waals surface area contributed by atoms with E-state index in [4.69, 9.17) is 5.26 Å². The number of amides is 1. The Hall–Kier alpha value is -4.31. The topological polar surface area (TPSA) is 104 Å². The average Bonchev–Trinajstić information content (AvgIpc) is 3.69. The summed E-state index contributed by atoms with van der Waals surface area (Å²) in [7, 11) is 0. The van der Waals surface area contributed by atoms with Crippen LogP contribution in [0.1, 0.15) is 86.0 Å². The van der Waals surface area contributed by atoms with Gasteiger partial charge in [0.1, 0.15) is 17.5 Å². The van der Waals surface area contributed by atoms with Crippen molar-refractivity contribution >= 4 is 5.91 Å². The van der Waals surface area contributed by atoms with Crippen LogP contribution in [0.25, 0.3) is 11.4 Å². The van der Waals surface area contributed by atoms with E-state index < -0.39 is 29.2 Å². The van der Waals surface area contributed by atoms with Crippen molar-refractivity contribution in [2.45, 2.75) is 64.6 Å². The first kappa shape index (κ1) is 28.3. The molecule has 0 aromatic carbocycles. The van der Waals surface area contributed by atoms with Crippen molar-refractivity contribution in [1.82, 2.24) is 25.3 Å². The molecule has 0 aliphatic heterocycles. The van der Waals surface area contributed by atoms with Gasteiger partial charge >= 0.3 is 6.18 Å². The van der Waals surface area contributed by atoms with Gasteiger partial charge in [-0.05, 0) is 50.5 Å². The summed E-state index contributed by atoms with van der Waals surface area (Å²) in [4.78, 5) is 29.9. The zero-order valence-electron chi connectivity index (χ0n) is 20.2. The number of nitrogens with one attached hydrogen (secondary N) is 1. The van der Waals surface area contributed by atoms with Gasteiger partial charge in [-0.25, -0.2) is 4.98 Å². The number of aromatic nitrogens is 4. The van der Waals surface area contributed by atoms with Crippen LogP contribution >= 0.6 is 0 Å². The molecule has 1 amide bonds. The number of nitriles is 1. The Bertz CT molecular complexity index is 1410. The fraction of sp³-hybridized carbons (Fsp3) is 0.357. The zero-order chi connectivity index (χ0) is 26.6. The van der Waals surface area contributed by atoms with Crippen LogP contribution in [0.5, 0.6) is 0 Å². The maximum Gasteiger partial charge on any atom is 0.433 e. The molecule has 10 heteroatoms. The lowest BCUT2D eigenvalue weighted by atomic mass is 9.99. The molecule has 1 N–H and O–H groups in total. The molecule has 1 saturated carbocycles. The van der Waals surface area contributed by atoms with E-state index >= 15 is 0 Å². The second kappa shape index (κ2) is 11.4. The quantitative estimate of drug-likeness (QED) is 0.413. The van der Waals surface area contributed by atoms with Crippen LogP contribution < -0.4 is 5.32 Å². The van der Waals surface area contributed by atoms with Gasteiger partial charge in [0.05, 0.1) is 34.1 Å². The highest BCUT2D eigenvalue weighted by Gasteiger charge is 2.46. The second-order valence-corrected chi connectivity index (χ2v) is 8.79. The van der Waals surface area contributed by atoms with Gasteiger partial charge in [0.15, 0.2) is 0 Å². The van der Waals surface area contributed by atoms with E-state index in [-0.39, 0.29) is 18.7 Å². The molecule has 1 atom stereocenters. The third-order valence-electron chi connectivity index (χ3n) is 5.94. The second-order valence-electron chi connectivity index (χ2n) is 8.79. The molecule has 0 spiro atoms. The van der Waals surface area contributed by atoms with Gasteiger partial charge in [-0.15, -0.1) is 5.92 Å². The summed E-state index contributed by atoms with van der Waals surface area (Å²) in [6.45, 7) is 3.63. The van der Waals surface area contributed by atoms with Crippen LogP contribution in [0, 0.1) is 23.2 Å². The predicted octanol–water partition coefficient (Wildman–Crippen LogP) is 5.79. The summed E-state index contributed by atoms with van der Waals surface area (Å²) < 4.78 is 41.0. The maximum atomic E-state index is 13.7. The lowest BCUT2D eigenvalue weighted by molar-refractivity contribution is -0.141. The van der Waals surface area contributed by atoms with Gasteiger partial charge in [0.25, 0.3) is 5.91 Å². The summed E-state index contributed by atoms with van der Waals surface area (Å²) in [5.41, 5.74) is -0.311. The Kier molecular flexibility index (Phi) is 8.47. The molecule has 3 heterocycles. The van der Waals surface area contributed by atoms with Gasteiger partial charge in [-0.2, -0.15) is 18.4 Å². The monoisotopic (exact) mass is 520 g/mol. The number of pyridine rings is 2. The van der Waals surface area contributed by atoms with Gasteiger partial charge in [-0.1, -0.05) is 20.3 Å². The van der Waals surface area contributed by atoms with Crippen LogP contribution in [0.3, 0.4) is 0 Å². The maximum absolute atomic E-state index is 13.7. The van der Waals surface area contributed by atoms with Crippen molar-refractivity contribution in [1.29, 1.82) is 5.26 Å². The fourth-order valence-electron chi connectivity index (χ4n) is 3.79. The molecule has 1 fully saturated rings. The number of hydrogen-bond donors (Lipinski definition) is 1. The van der Waals surface area contributed by atoms with E-state index in [1.807, 2.05) is 13.0 Å². The normalized spacial score (nSPS) is 14.2. The van der Waals surface area contributed by atoms with Crippen molar-refractivity contribution in [3.63, 3.8) is 0 Å². The predicted molar refractivity (Wildman–Crippen MR) is 135 cm³/mol. The van der Waals surface area contributed by atoms with Crippen molar-refractivity contribution < 1.29 is 18.0 Å². The van der Waals surface area contributed by atoms with Gasteiger partial charge in [0, 0.05) is 30.6 Å². The van der Waals surface area contributed by atoms with Crippen LogP contribution in [-0.4, -0.2) is 25.8 Å². The lowest BCUT2D eigenvalue weighted by Crippen LogP contribution is -2.29. The molecule has 3 aromatic heterocycles.